The molecule has 0 atom stereocenters. The summed E-state index contributed by atoms with van der Waals surface area (Å²) in [5.41, 5.74) is 3.06. The van der Waals surface area contributed by atoms with E-state index in [0.717, 1.165) is 36.5 Å². The zero-order valence-corrected chi connectivity index (χ0v) is 15.7. The van der Waals surface area contributed by atoms with Crippen LogP contribution in [0.4, 0.5) is 5.69 Å². The van der Waals surface area contributed by atoms with E-state index in [1.165, 1.54) is 17.3 Å². The minimum Gasteiger partial charge on any atom is -0.497 e. The van der Waals surface area contributed by atoms with Crippen molar-refractivity contribution >= 4 is 23.4 Å². The third-order valence-electron chi connectivity index (χ3n) is 4.49. The lowest BCUT2D eigenvalue weighted by Gasteiger charge is -2.29. The maximum atomic E-state index is 12.8. The van der Waals surface area contributed by atoms with Crippen LogP contribution in [0.5, 0.6) is 5.75 Å². The van der Waals surface area contributed by atoms with E-state index in [0.29, 0.717) is 5.16 Å². The predicted octanol–water partition coefficient (Wildman–Crippen LogP) is 2.74. The molecule has 0 aliphatic carbocycles. The second-order valence-electron chi connectivity index (χ2n) is 6.14. The Balaban J connectivity index is 1.47. The number of para-hydroxylation sites is 1. The van der Waals surface area contributed by atoms with Crippen LogP contribution < -0.4 is 9.64 Å². The molecule has 7 nitrogen and oxygen atoms in total. The van der Waals surface area contributed by atoms with Gasteiger partial charge in [0.1, 0.15) is 5.75 Å². The van der Waals surface area contributed by atoms with Gasteiger partial charge in [0, 0.05) is 12.2 Å². The van der Waals surface area contributed by atoms with Gasteiger partial charge in [-0.2, -0.15) is 4.68 Å². The molecule has 27 heavy (non-hydrogen) atoms. The monoisotopic (exact) mass is 381 g/mol. The van der Waals surface area contributed by atoms with Gasteiger partial charge < -0.3 is 9.64 Å². The van der Waals surface area contributed by atoms with Crippen LogP contribution in [0.2, 0.25) is 0 Å². The van der Waals surface area contributed by atoms with Crippen LogP contribution in [0.3, 0.4) is 0 Å². The zero-order chi connectivity index (χ0) is 18.6. The summed E-state index contributed by atoms with van der Waals surface area (Å²) in [5, 5.41) is 12.4. The van der Waals surface area contributed by atoms with E-state index in [1.54, 1.807) is 11.8 Å². The average Bonchev–Trinajstić information content (AvgIpc) is 3.20. The van der Waals surface area contributed by atoms with Crippen LogP contribution in [0.1, 0.15) is 12.0 Å². The number of benzene rings is 2. The van der Waals surface area contributed by atoms with Crippen molar-refractivity contribution in [2.24, 2.45) is 0 Å². The van der Waals surface area contributed by atoms with Gasteiger partial charge in [-0.25, -0.2) is 0 Å². The summed E-state index contributed by atoms with van der Waals surface area (Å²) in [6.07, 6.45) is 2.00. The molecule has 1 aliphatic heterocycles. The van der Waals surface area contributed by atoms with Crippen molar-refractivity contribution in [2.75, 3.05) is 24.3 Å². The number of nitrogens with zero attached hydrogens (tertiary/aromatic N) is 5. The van der Waals surface area contributed by atoms with Gasteiger partial charge in [0.25, 0.3) is 0 Å². The molecule has 8 heteroatoms. The third kappa shape index (κ3) is 3.66. The Morgan fingerprint density at radius 2 is 2.00 bits per heavy atom. The van der Waals surface area contributed by atoms with Gasteiger partial charge in [0.05, 0.1) is 18.6 Å². The minimum absolute atomic E-state index is 0.0661. The quantitative estimate of drug-likeness (QED) is 0.633. The summed E-state index contributed by atoms with van der Waals surface area (Å²) >= 11 is 1.34. The number of amides is 1. The highest BCUT2D eigenvalue weighted by Crippen LogP contribution is 2.28. The van der Waals surface area contributed by atoms with Gasteiger partial charge in [-0.3, -0.25) is 4.79 Å². The number of methoxy groups -OCH3 is 1. The number of thioether (sulfide) groups is 1. The fourth-order valence-corrected chi connectivity index (χ4v) is 3.92. The fourth-order valence-electron chi connectivity index (χ4n) is 3.15. The Labute approximate surface area is 161 Å². The normalized spacial score (nSPS) is 13.3. The highest BCUT2D eigenvalue weighted by molar-refractivity contribution is 7.99. The lowest BCUT2D eigenvalue weighted by atomic mass is 10.0. The van der Waals surface area contributed by atoms with E-state index in [2.05, 4.69) is 21.6 Å². The Morgan fingerprint density at radius 1 is 1.19 bits per heavy atom. The van der Waals surface area contributed by atoms with Crippen LogP contribution >= 0.6 is 11.8 Å². The minimum atomic E-state index is 0.0661. The van der Waals surface area contributed by atoms with E-state index >= 15 is 0 Å². The molecule has 0 spiro atoms. The first-order valence-corrected chi connectivity index (χ1v) is 9.68. The standard InChI is InChI=1S/C19H19N5O2S/c1-26-16-10-8-15(9-11-16)24-19(20-21-22-24)27-13-18(25)23-12-4-6-14-5-2-3-7-17(14)23/h2-3,5,7-11H,4,6,12-13H2,1H3. The molecule has 1 aromatic heterocycles. The summed E-state index contributed by atoms with van der Waals surface area (Å²) in [7, 11) is 1.62. The number of ether oxygens (including phenoxy) is 1. The third-order valence-corrected chi connectivity index (χ3v) is 5.40. The summed E-state index contributed by atoms with van der Waals surface area (Å²) in [5.74, 6) is 1.11. The van der Waals surface area contributed by atoms with Crippen LogP contribution in [0, 0.1) is 0 Å². The van der Waals surface area contributed by atoms with Gasteiger partial charge >= 0.3 is 0 Å². The second kappa shape index (κ2) is 7.79. The molecule has 0 unspecified atom stereocenters. The zero-order valence-electron chi connectivity index (χ0n) is 14.9. The topological polar surface area (TPSA) is 73.1 Å². The number of rotatable bonds is 5. The van der Waals surface area contributed by atoms with Crippen molar-refractivity contribution < 1.29 is 9.53 Å². The number of anilines is 1. The summed E-state index contributed by atoms with van der Waals surface area (Å²) in [6.45, 7) is 0.750. The Kier molecular flexibility index (Phi) is 5.06. The summed E-state index contributed by atoms with van der Waals surface area (Å²) in [4.78, 5) is 14.7. The van der Waals surface area contributed by atoms with Gasteiger partial charge in [0.2, 0.25) is 11.1 Å². The smallest absolute Gasteiger partial charge is 0.237 e. The lowest BCUT2D eigenvalue weighted by Crippen LogP contribution is -2.36. The summed E-state index contributed by atoms with van der Waals surface area (Å²) in [6, 6.07) is 15.5. The first-order chi connectivity index (χ1) is 13.3. The van der Waals surface area contributed by atoms with Gasteiger partial charge in [0.15, 0.2) is 0 Å². The SMILES string of the molecule is COc1ccc(-n2nnnc2SCC(=O)N2CCCc3ccccc32)cc1. The fraction of sp³-hybridized carbons (Fsp3) is 0.263. The van der Waals surface area contributed by atoms with E-state index in [1.807, 2.05) is 47.4 Å². The van der Waals surface area contributed by atoms with E-state index < -0.39 is 0 Å². The van der Waals surface area contributed by atoms with Crippen molar-refractivity contribution in [1.29, 1.82) is 0 Å². The highest BCUT2D eigenvalue weighted by Gasteiger charge is 2.23. The number of hydrogen-bond acceptors (Lipinski definition) is 6. The molecule has 0 saturated heterocycles. The van der Waals surface area contributed by atoms with Crippen LogP contribution in [0.15, 0.2) is 53.7 Å². The molecular formula is C19H19N5O2S. The number of carbonyl (C=O) groups excluding carboxylic acids is 1. The molecule has 3 aromatic rings. The van der Waals surface area contributed by atoms with Crippen LogP contribution in [0.25, 0.3) is 5.69 Å². The van der Waals surface area contributed by atoms with Gasteiger partial charge in [-0.15, -0.1) is 5.10 Å². The van der Waals surface area contributed by atoms with E-state index in [9.17, 15) is 4.79 Å². The van der Waals surface area contributed by atoms with E-state index in [-0.39, 0.29) is 11.7 Å². The number of aryl methyl sites for hydroxylation is 1. The molecule has 1 amide bonds. The van der Waals surface area contributed by atoms with Crippen LogP contribution in [-0.2, 0) is 11.2 Å². The molecule has 138 valence electrons. The molecular weight excluding hydrogens is 362 g/mol. The molecule has 2 aromatic carbocycles. The first kappa shape index (κ1) is 17.5. The average molecular weight is 381 g/mol. The predicted molar refractivity (Wildman–Crippen MR) is 104 cm³/mol. The number of fused-ring (bicyclic) bond motifs is 1. The van der Waals surface area contributed by atoms with Crippen molar-refractivity contribution in [1.82, 2.24) is 20.2 Å². The van der Waals surface area contributed by atoms with Crippen molar-refractivity contribution in [3.05, 3.63) is 54.1 Å². The molecule has 4 rings (SSSR count). The molecule has 0 saturated carbocycles. The van der Waals surface area contributed by atoms with E-state index in [4.69, 9.17) is 4.74 Å². The molecule has 1 aliphatic rings. The van der Waals surface area contributed by atoms with Gasteiger partial charge in [-0.05, 0) is 59.2 Å². The Hall–Kier alpha value is -2.87. The number of hydrogen-bond donors (Lipinski definition) is 0. The number of tetrazole rings is 1. The Bertz CT molecular complexity index is 941. The molecule has 0 bridgehead atoms. The van der Waals surface area contributed by atoms with Crippen molar-refractivity contribution in [3.8, 4) is 11.4 Å². The second-order valence-corrected chi connectivity index (χ2v) is 7.08. The maximum absolute atomic E-state index is 12.8. The largest absolute Gasteiger partial charge is 0.497 e. The molecule has 0 fully saturated rings. The summed E-state index contributed by atoms with van der Waals surface area (Å²) < 4.78 is 6.80. The molecule has 0 N–H and O–H groups in total. The molecule has 2 heterocycles. The molecule has 0 radical (unpaired) electrons. The van der Waals surface area contributed by atoms with Crippen molar-refractivity contribution in [2.45, 2.75) is 18.0 Å². The number of aromatic nitrogens is 4. The lowest BCUT2D eigenvalue weighted by molar-refractivity contribution is -0.116. The van der Waals surface area contributed by atoms with Gasteiger partial charge in [-0.1, -0.05) is 30.0 Å². The van der Waals surface area contributed by atoms with Crippen LogP contribution in [-0.4, -0.2) is 45.5 Å². The number of carbonyl (C=O) groups is 1. The Morgan fingerprint density at radius 3 is 2.81 bits per heavy atom. The first-order valence-electron chi connectivity index (χ1n) is 8.70. The van der Waals surface area contributed by atoms with Crippen molar-refractivity contribution in [3.63, 3.8) is 0 Å². The highest BCUT2D eigenvalue weighted by atomic mass is 32.2. The maximum Gasteiger partial charge on any atom is 0.237 e.